The van der Waals surface area contributed by atoms with Crippen molar-refractivity contribution < 1.29 is 0 Å². The molecule has 8 nitrogen and oxygen atoms in total. The number of aryl methyl sites for hydroxylation is 2. The van der Waals surface area contributed by atoms with E-state index in [9.17, 15) is 9.59 Å². The lowest BCUT2D eigenvalue weighted by atomic mass is 10.3. The van der Waals surface area contributed by atoms with Gasteiger partial charge in [-0.05, 0) is 18.1 Å². The van der Waals surface area contributed by atoms with E-state index >= 15 is 0 Å². The summed E-state index contributed by atoms with van der Waals surface area (Å²) in [4.78, 5) is 35.0. The first kappa shape index (κ1) is 16.0. The van der Waals surface area contributed by atoms with Gasteiger partial charge in [0.25, 0.3) is 5.56 Å². The van der Waals surface area contributed by atoms with E-state index in [1.54, 1.807) is 19.4 Å². The van der Waals surface area contributed by atoms with Crippen molar-refractivity contribution in [3.63, 3.8) is 0 Å². The second-order valence-electron chi connectivity index (χ2n) is 5.65. The first-order chi connectivity index (χ1) is 11.6. The van der Waals surface area contributed by atoms with Crippen LogP contribution in [0.15, 0.2) is 34.1 Å². The van der Waals surface area contributed by atoms with Crippen molar-refractivity contribution in [2.75, 3.05) is 5.32 Å². The van der Waals surface area contributed by atoms with Crippen LogP contribution in [-0.4, -0.2) is 24.1 Å². The first-order valence-corrected chi connectivity index (χ1v) is 7.94. The molecule has 0 bridgehead atoms. The van der Waals surface area contributed by atoms with Gasteiger partial charge >= 0.3 is 5.69 Å². The summed E-state index contributed by atoms with van der Waals surface area (Å²) in [5, 5.41) is 3.25. The number of nitrogens with zero attached hydrogens (tertiary/aromatic N) is 4. The molecule has 0 saturated heterocycles. The maximum atomic E-state index is 12.3. The summed E-state index contributed by atoms with van der Waals surface area (Å²) in [5.41, 5.74) is 0.930. The summed E-state index contributed by atoms with van der Waals surface area (Å²) in [7, 11) is 1.60. The van der Waals surface area contributed by atoms with Gasteiger partial charge in [-0.2, -0.15) is 4.98 Å². The topological polar surface area (TPSA) is 97.6 Å². The van der Waals surface area contributed by atoms with E-state index in [-0.39, 0.29) is 0 Å². The van der Waals surface area contributed by atoms with Crippen LogP contribution < -0.4 is 16.6 Å². The number of unbranched alkanes of at least 4 members (excludes halogenated alkanes) is 1. The Morgan fingerprint density at radius 2 is 2.17 bits per heavy atom. The second kappa shape index (κ2) is 6.69. The molecule has 24 heavy (non-hydrogen) atoms. The number of hydrogen-bond donors (Lipinski definition) is 2. The molecule has 0 saturated carbocycles. The Morgan fingerprint density at radius 1 is 1.33 bits per heavy atom. The Morgan fingerprint density at radius 3 is 2.88 bits per heavy atom. The van der Waals surface area contributed by atoms with Crippen molar-refractivity contribution >= 4 is 17.1 Å². The van der Waals surface area contributed by atoms with Gasteiger partial charge in [-0.15, -0.1) is 0 Å². The quantitative estimate of drug-likeness (QED) is 0.709. The molecule has 0 atom stereocenters. The molecule has 0 unspecified atom stereocenters. The number of imidazole rings is 1. The van der Waals surface area contributed by atoms with Gasteiger partial charge in [0.1, 0.15) is 0 Å². The van der Waals surface area contributed by atoms with Crippen molar-refractivity contribution in [3.05, 3.63) is 50.9 Å². The molecule has 0 aliphatic carbocycles. The van der Waals surface area contributed by atoms with Gasteiger partial charge in [0.05, 0.1) is 0 Å². The van der Waals surface area contributed by atoms with E-state index in [4.69, 9.17) is 0 Å². The lowest BCUT2D eigenvalue weighted by molar-refractivity contribution is 0.646. The molecule has 0 aliphatic rings. The number of nitrogens with one attached hydrogen (secondary N) is 2. The highest BCUT2D eigenvalue weighted by atomic mass is 16.2. The number of aromatic nitrogens is 5. The fourth-order valence-corrected chi connectivity index (χ4v) is 2.59. The molecule has 8 heteroatoms. The molecular formula is C16H20N6O2. The summed E-state index contributed by atoms with van der Waals surface area (Å²) in [6.07, 6.45) is 5.39. The van der Waals surface area contributed by atoms with Gasteiger partial charge in [-0.25, -0.2) is 4.79 Å². The number of rotatable bonds is 6. The van der Waals surface area contributed by atoms with Crippen molar-refractivity contribution in [3.8, 4) is 0 Å². The molecule has 126 valence electrons. The van der Waals surface area contributed by atoms with E-state index in [1.165, 1.54) is 4.57 Å². The molecule has 0 radical (unpaired) electrons. The van der Waals surface area contributed by atoms with Gasteiger partial charge in [-0.3, -0.25) is 19.3 Å². The van der Waals surface area contributed by atoms with E-state index in [0.29, 0.717) is 30.2 Å². The molecule has 3 rings (SSSR count). The lowest BCUT2D eigenvalue weighted by Gasteiger charge is -2.09. The highest BCUT2D eigenvalue weighted by molar-refractivity contribution is 5.74. The zero-order valence-corrected chi connectivity index (χ0v) is 13.7. The highest BCUT2D eigenvalue weighted by Gasteiger charge is 2.16. The SMILES string of the molecule is CCCCn1c(NCc2cccnc2)nc2c1c(=O)[nH]c(=O)n2C. The van der Waals surface area contributed by atoms with Gasteiger partial charge in [0.2, 0.25) is 5.95 Å². The summed E-state index contributed by atoms with van der Waals surface area (Å²) < 4.78 is 3.20. The minimum Gasteiger partial charge on any atom is -0.351 e. The molecule has 3 heterocycles. The number of H-pyrrole nitrogens is 1. The number of hydrogen-bond acceptors (Lipinski definition) is 5. The second-order valence-corrected chi connectivity index (χ2v) is 5.65. The van der Waals surface area contributed by atoms with Gasteiger partial charge < -0.3 is 9.88 Å². The predicted molar refractivity (Wildman–Crippen MR) is 92.1 cm³/mol. The average molecular weight is 328 g/mol. The molecule has 0 spiro atoms. The van der Waals surface area contributed by atoms with Crippen molar-refractivity contribution in [1.82, 2.24) is 24.1 Å². The van der Waals surface area contributed by atoms with E-state index < -0.39 is 11.2 Å². The minimum absolute atomic E-state index is 0.383. The fourth-order valence-electron chi connectivity index (χ4n) is 2.59. The molecular weight excluding hydrogens is 308 g/mol. The van der Waals surface area contributed by atoms with Crippen molar-refractivity contribution in [2.24, 2.45) is 7.05 Å². The molecule has 3 aromatic heterocycles. The third-order valence-electron chi connectivity index (χ3n) is 3.92. The summed E-state index contributed by atoms with van der Waals surface area (Å²) in [6, 6.07) is 3.83. The van der Waals surface area contributed by atoms with Crippen LogP contribution in [0, 0.1) is 0 Å². The van der Waals surface area contributed by atoms with Crippen LogP contribution in [0.4, 0.5) is 5.95 Å². The van der Waals surface area contributed by atoms with Crippen LogP contribution in [0.1, 0.15) is 25.3 Å². The third-order valence-corrected chi connectivity index (χ3v) is 3.92. The van der Waals surface area contributed by atoms with Crippen LogP contribution in [0.2, 0.25) is 0 Å². The number of aromatic amines is 1. The lowest BCUT2D eigenvalue weighted by Crippen LogP contribution is -2.29. The Hall–Kier alpha value is -2.90. The molecule has 0 aliphatic heterocycles. The Bertz CT molecular complexity index is 954. The Kier molecular flexibility index (Phi) is 4.45. The Balaban J connectivity index is 2.05. The zero-order valence-electron chi connectivity index (χ0n) is 13.7. The summed E-state index contributed by atoms with van der Waals surface area (Å²) >= 11 is 0. The molecule has 2 N–H and O–H groups in total. The largest absolute Gasteiger partial charge is 0.351 e. The summed E-state index contributed by atoms with van der Waals surface area (Å²) in [5.74, 6) is 0.578. The van der Waals surface area contributed by atoms with E-state index in [2.05, 4.69) is 27.2 Å². The normalized spacial score (nSPS) is 11.1. The maximum Gasteiger partial charge on any atom is 0.329 e. The summed E-state index contributed by atoms with van der Waals surface area (Å²) in [6.45, 7) is 3.28. The fraction of sp³-hybridized carbons (Fsp3) is 0.375. The third kappa shape index (κ3) is 2.94. The predicted octanol–water partition coefficient (Wildman–Crippen LogP) is 1.23. The van der Waals surface area contributed by atoms with Crippen molar-refractivity contribution in [1.29, 1.82) is 0 Å². The van der Waals surface area contributed by atoms with Gasteiger partial charge in [0.15, 0.2) is 11.2 Å². The van der Waals surface area contributed by atoms with Crippen LogP contribution in [0.5, 0.6) is 0 Å². The average Bonchev–Trinajstić information content (AvgIpc) is 2.96. The maximum absolute atomic E-state index is 12.3. The number of anilines is 1. The van der Waals surface area contributed by atoms with E-state index in [1.807, 2.05) is 16.7 Å². The van der Waals surface area contributed by atoms with Gasteiger partial charge in [-0.1, -0.05) is 19.4 Å². The molecule has 0 aromatic carbocycles. The number of fused-ring (bicyclic) bond motifs is 1. The monoisotopic (exact) mass is 328 g/mol. The molecule has 0 amide bonds. The smallest absolute Gasteiger partial charge is 0.329 e. The standard InChI is InChI=1S/C16H20N6O2/c1-3-4-8-22-12-13(21(2)16(24)20-14(12)23)19-15(22)18-10-11-6-5-7-17-9-11/h5-7,9H,3-4,8,10H2,1-2H3,(H,18,19)(H,20,23,24). The highest BCUT2D eigenvalue weighted by Crippen LogP contribution is 2.17. The van der Waals surface area contributed by atoms with Gasteiger partial charge in [0, 0.05) is 32.5 Å². The van der Waals surface area contributed by atoms with Crippen LogP contribution in [0.25, 0.3) is 11.2 Å². The first-order valence-electron chi connectivity index (χ1n) is 7.94. The van der Waals surface area contributed by atoms with Crippen LogP contribution in [0.3, 0.4) is 0 Å². The molecule has 3 aromatic rings. The minimum atomic E-state index is -0.466. The Labute approximate surface area is 138 Å². The van der Waals surface area contributed by atoms with Crippen LogP contribution >= 0.6 is 0 Å². The number of pyridine rings is 1. The van der Waals surface area contributed by atoms with Crippen molar-refractivity contribution in [2.45, 2.75) is 32.9 Å². The zero-order chi connectivity index (χ0) is 17.1. The van der Waals surface area contributed by atoms with Crippen LogP contribution in [-0.2, 0) is 20.1 Å². The molecule has 0 fully saturated rings. The van der Waals surface area contributed by atoms with E-state index in [0.717, 1.165) is 18.4 Å².